The first-order valence-electron chi connectivity index (χ1n) is 9.50. The molecule has 0 aromatic heterocycles. The molecule has 0 spiro atoms. The van der Waals surface area contributed by atoms with Gasteiger partial charge in [0.05, 0.1) is 28.7 Å². The van der Waals surface area contributed by atoms with Crippen molar-refractivity contribution in [1.29, 1.82) is 0 Å². The van der Waals surface area contributed by atoms with Gasteiger partial charge in [-0.25, -0.2) is 8.78 Å². The Morgan fingerprint density at radius 2 is 1.42 bits per heavy atom. The van der Waals surface area contributed by atoms with E-state index in [-0.39, 0.29) is 0 Å². The number of halogens is 6. The van der Waals surface area contributed by atoms with E-state index in [0.29, 0.717) is 11.1 Å². The molecule has 3 aromatic carbocycles. The molecule has 0 saturated heterocycles. The molecule has 3 aromatic rings. The quantitative estimate of drug-likeness (QED) is 0.470. The Hall–Kier alpha value is -3.46. The number of hydrogen-bond donors (Lipinski definition) is 2. The van der Waals surface area contributed by atoms with E-state index in [2.05, 4.69) is 10.6 Å². The zero-order chi connectivity index (χ0) is 24.2. The maximum absolute atomic E-state index is 13.7. The highest BCUT2D eigenvalue weighted by Gasteiger charge is 2.34. The Morgan fingerprint density at radius 3 is 1.94 bits per heavy atom. The lowest BCUT2D eigenvalue weighted by Gasteiger charge is -2.20. The van der Waals surface area contributed by atoms with E-state index >= 15 is 0 Å². The standard InChI is InChI=1S/C23H16ClF5N2O2/c24-20-17(8-3-9-18(20)23(27,28)29)22(33)30-12-19(32)31-21(13-4-1-6-15(25)10-13)14-5-2-7-16(26)11-14/h1-11,21H,12H2,(H,30,33)(H,31,32). The predicted molar refractivity (Wildman–Crippen MR) is 112 cm³/mol. The molecular formula is C23H16ClF5N2O2. The van der Waals surface area contributed by atoms with Crippen LogP contribution in [0.3, 0.4) is 0 Å². The van der Waals surface area contributed by atoms with Gasteiger partial charge in [0.15, 0.2) is 0 Å². The number of amides is 2. The van der Waals surface area contributed by atoms with Gasteiger partial charge in [0, 0.05) is 0 Å². The first-order valence-corrected chi connectivity index (χ1v) is 9.88. The third-order valence-electron chi connectivity index (χ3n) is 4.63. The minimum Gasteiger partial charge on any atom is -0.344 e. The van der Waals surface area contributed by atoms with E-state index in [1.165, 1.54) is 36.4 Å². The van der Waals surface area contributed by atoms with Gasteiger partial charge in [-0.05, 0) is 47.5 Å². The SMILES string of the molecule is O=C(CNC(=O)c1cccc(C(F)(F)F)c1Cl)NC(c1cccc(F)c1)c1cccc(F)c1. The third-order valence-corrected chi connectivity index (χ3v) is 5.03. The lowest BCUT2D eigenvalue weighted by atomic mass is 9.98. The molecule has 0 bridgehead atoms. The fourth-order valence-corrected chi connectivity index (χ4v) is 3.44. The Morgan fingerprint density at radius 1 is 0.879 bits per heavy atom. The van der Waals surface area contributed by atoms with Crippen LogP contribution in [-0.2, 0) is 11.0 Å². The van der Waals surface area contributed by atoms with Crippen molar-refractivity contribution in [3.8, 4) is 0 Å². The van der Waals surface area contributed by atoms with Crippen molar-refractivity contribution in [2.24, 2.45) is 0 Å². The second-order valence-electron chi connectivity index (χ2n) is 6.96. The number of carbonyl (C=O) groups excluding carboxylic acids is 2. The second kappa shape index (κ2) is 9.99. The highest BCUT2D eigenvalue weighted by Crippen LogP contribution is 2.36. The molecule has 0 heterocycles. The minimum absolute atomic E-state index is 0.321. The summed E-state index contributed by atoms with van der Waals surface area (Å²) in [7, 11) is 0. The molecule has 0 saturated carbocycles. The molecule has 0 aliphatic rings. The van der Waals surface area contributed by atoms with Crippen LogP contribution in [0.15, 0.2) is 66.7 Å². The molecule has 0 unspecified atom stereocenters. The Balaban J connectivity index is 1.76. The van der Waals surface area contributed by atoms with Gasteiger partial charge in [0.25, 0.3) is 5.91 Å². The fraction of sp³-hybridized carbons (Fsp3) is 0.130. The number of hydrogen-bond acceptors (Lipinski definition) is 2. The van der Waals surface area contributed by atoms with Crippen LogP contribution in [0.1, 0.15) is 33.1 Å². The van der Waals surface area contributed by atoms with Crippen molar-refractivity contribution in [1.82, 2.24) is 10.6 Å². The van der Waals surface area contributed by atoms with E-state index in [1.807, 2.05) is 0 Å². The van der Waals surface area contributed by atoms with Crippen LogP contribution < -0.4 is 10.6 Å². The molecule has 2 amide bonds. The minimum atomic E-state index is -4.76. The molecule has 0 fully saturated rings. The summed E-state index contributed by atoms with van der Waals surface area (Å²) in [5.41, 5.74) is -0.993. The predicted octanol–water partition coefficient (Wildman–Crippen LogP) is 5.27. The maximum atomic E-state index is 13.7. The Kier molecular flexibility index (Phi) is 7.33. The van der Waals surface area contributed by atoms with E-state index < -0.39 is 58.4 Å². The molecule has 0 aliphatic heterocycles. The van der Waals surface area contributed by atoms with Crippen LogP contribution in [0.4, 0.5) is 22.0 Å². The van der Waals surface area contributed by atoms with Crippen LogP contribution in [-0.4, -0.2) is 18.4 Å². The summed E-state index contributed by atoms with van der Waals surface area (Å²) in [5.74, 6) is -2.88. The first-order chi connectivity index (χ1) is 15.6. The summed E-state index contributed by atoms with van der Waals surface area (Å²) in [6, 6.07) is 12.5. The summed E-state index contributed by atoms with van der Waals surface area (Å²) >= 11 is 5.73. The Bertz CT molecular complexity index is 1140. The summed E-state index contributed by atoms with van der Waals surface area (Å²) in [5, 5.41) is 3.97. The topological polar surface area (TPSA) is 58.2 Å². The summed E-state index contributed by atoms with van der Waals surface area (Å²) in [6.45, 7) is -0.619. The largest absolute Gasteiger partial charge is 0.417 e. The molecule has 10 heteroatoms. The number of nitrogens with one attached hydrogen (secondary N) is 2. The van der Waals surface area contributed by atoms with Gasteiger partial charge in [0.1, 0.15) is 11.6 Å². The van der Waals surface area contributed by atoms with Crippen LogP contribution in [0.5, 0.6) is 0 Å². The average molecular weight is 483 g/mol. The number of carbonyl (C=O) groups is 2. The van der Waals surface area contributed by atoms with E-state index in [0.717, 1.165) is 30.3 Å². The van der Waals surface area contributed by atoms with Gasteiger partial charge in [-0.2, -0.15) is 13.2 Å². The van der Waals surface area contributed by atoms with Crippen LogP contribution in [0.2, 0.25) is 5.02 Å². The number of alkyl halides is 3. The van der Waals surface area contributed by atoms with E-state index in [4.69, 9.17) is 11.6 Å². The molecular weight excluding hydrogens is 467 g/mol. The molecule has 0 radical (unpaired) electrons. The molecule has 0 atom stereocenters. The van der Waals surface area contributed by atoms with E-state index in [9.17, 15) is 31.5 Å². The number of benzene rings is 3. The zero-order valence-corrected chi connectivity index (χ0v) is 17.5. The van der Waals surface area contributed by atoms with Crippen molar-refractivity contribution >= 4 is 23.4 Å². The second-order valence-corrected chi connectivity index (χ2v) is 7.34. The Labute approximate surface area is 190 Å². The van der Waals surface area contributed by atoms with Crippen molar-refractivity contribution in [2.75, 3.05) is 6.54 Å². The van der Waals surface area contributed by atoms with Gasteiger partial charge in [0.2, 0.25) is 5.91 Å². The summed E-state index contributed by atoms with van der Waals surface area (Å²) < 4.78 is 66.4. The molecule has 0 aliphatic carbocycles. The lowest BCUT2D eigenvalue weighted by molar-refractivity contribution is -0.137. The molecule has 172 valence electrons. The van der Waals surface area contributed by atoms with Gasteiger partial charge in [-0.15, -0.1) is 0 Å². The third kappa shape index (κ3) is 6.07. The van der Waals surface area contributed by atoms with Crippen molar-refractivity contribution in [3.63, 3.8) is 0 Å². The highest BCUT2D eigenvalue weighted by molar-refractivity contribution is 6.34. The number of rotatable bonds is 6. The van der Waals surface area contributed by atoms with Crippen molar-refractivity contribution in [2.45, 2.75) is 12.2 Å². The lowest BCUT2D eigenvalue weighted by Crippen LogP contribution is -2.39. The van der Waals surface area contributed by atoms with Gasteiger partial charge < -0.3 is 10.6 Å². The fourth-order valence-electron chi connectivity index (χ4n) is 3.13. The maximum Gasteiger partial charge on any atom is 0.417 e. The van der Waals surface area contributed by atoms with Crippen LogP contribution in [0, 0.1) is 11.6 Å². The van der Waals surface area contributed by atoms with Crippen molar-refractivity contribution in [3.05, 3.63) is 106 Å². The molecule has 3 rings (SSSR count). The molecule has 2 N–H and O–H groups in total. The zero-order valence-electron chi connectivity index (χ0n) is 16.7. The summed E-state index contributed by atoms with van der Waals surface area (Å²) in [6.07, 6.45) is -4.76. The van der Waals surface area contributed by atoms with E-state index in [1.54, 1.807) is 0 Å². The van der Waals surface area contributed by atoms with Gasteiger partial charge in [-0.1, -0.05) is 41.9 Å². The first kappa shape index (κ1) is 24.2. The monoisotopic (exact) mass is 482 g/mol. The van der Waals surface area contributed by atoms with Crippen LogP contribution in [0.25, 0.3) is 0 Å². The highest BCUT2D eigenvalue weighted by atomic mass is 35.5. The normalized spacial score (nSPS) is 11.4. The molecule has 4 nitrogen and oxygen atoms in total. The molecule has 33 heavy (non-hydrogen) atoms. The van der Waals surface area contributed by atoms with Gasteiger partial charge in [-0.3, -0.25) is 9.59 Å². The summed E-state index contributed by atoms with van der Waals surface area (Å²) in [4.78, 5) is 24.8. The van der Waals surface area contributed by atoms with Crippen LogP contribution >= 0.6 is 11.6 Å². The van der Waals surface area contributed by atoms with Crippen molar-refractivity contribution < 1.29 is 31.5 Å². The smallest absolute Gasteiger partial charge is 0.344 e. The van der Waals surface area contributed by atoms with Gasteiger partial charge >= 0.3 is 6.18 Å². The average Bonchev–Trinajstić information content (AvgIpc) is 2.75.